The van der Waals surface area contributed by atoms with Crippen molar-refractivity contribution in [3.05, 3.63) is 34.2 Å². The Balaban J connectivity index is 1.62. The Morgan fingerprint density at radius 2 is 2.09 bits per heavy atom. The highest BCUT2D eigenvalue weighted by molar-refractivity contribution is 5.74. The fraction of sp³-hybridized carbons (Fsp3) is 0.562. The number of aliphatic carboxylic acids is 1. The number of aromatic nitrogens is 1. The van der Waals surface area contributed by atoms with Crippen molar-refractivity contribution < 1.29 is 14.7 Å². The summed E-state index contributed by atoms with van der Waals surface area (Å²) in [7, 11) is 0. The van der Waals surface area contributed by atoms with Crippen LogP contribution in [0.5, 0.6) is 0 Å². The minimum Gasteiger partial charge on any atom is -0.481 e. The van der Waals surface area contributed by atoms with Gasteiger partial charge in [-0.25, -0.2) is 4.79 Å². The molecule has 0 aliphatic carbocycles. The molecule has 0 saturated carbocycles. The topological polar surface area (TPSA) is 91.6 Å². The molecule has 0 radical (unpaired) electrons. The number of urea groups is 1. The van der Waals surface area contributed by atoms with E-state index in [0.29, 0.717) is 38.5 Å². The number of hydrogen-bond donors (Lipinski definition) is 2. The zero-order valence-corrected chi connectivity index (χ0v) is 12.9. The van der Waals surface area contributed by atoms with Crippen molar-refractivity contribution in [3.63, 3.8) is 0 Å². The maximum atomic E-state index is 12.3. The number of carbonyl (C=O) groups is 2. The van der Waals surface area contributed by atoms with Crippen LogP contribution < -0.4 is 10.9 Å². The molecule has 7 heteroatoms. The molecular weight excluding hydrogens is 298 g/mol. The van der Waals surface area contributed by atoms with Crippen LogP contribution in [0.4, 0.5) is 4.79 Å². The van der Waals surface area contributed by atoms with E-state index in [1.54, 1.807) is 17.0 Å². The molecule has 0 spiro atoms. The summed E-state index contributed by atoms with van der Waals surface area (Å²) in [5.41, 5.74) is 1.04. The number of carboxylic acids is 1. The van der Waals surface area contributed by atoms with Crippen LogP contribution in [0.25, 0.3) is 0 Å². The van der Waals surface area contributed by atoms with Crippen molar-refractivity contribution in [2.75, 3.05) is 19.6 Å². The van der Waals surface area contributed by atoms with Crippen molar-refractivity contribution in [1.29, 1.82) is 0 Å². The predicted octanol–water partition coefficient (Wildman–Crippen LogP) is 0.842. The molecule has 23 heavy (non-hydrogen) atoms. The number of pyridine rings is 1. The van der Waals surface area contributed by atoms with Gasteiger partial charge in [-0.1, -0.05) is 6.07 Å². The van der Waals surface area contributed by atoms with Crippen LogP contribution in [0.2, 0.25) is 0 Å². The molecule has 124 valence electrons. The molecule has 1 fully saturated rings. The van der Waals surface area contributed by atoms with Gasteiger partial charge >= 0.3 is 12.0 Å². The standard InChI is InChI=1S/C16H21N3O4/c20-14-4-1-3-13-12-7-11(9-19(13)14)8-18(10-12)16(23)17-6-2-5-15(21)22/h1,3-4,11-12H,2,5-10H2,(H,17,23)(H,21,22)/t11-,12-/m1/s1. The molecule has 1 aromatic rings. The lowest BCUT2D eigenvalue weighted by Gasteiger charge is -2.42. The fourth-order valence-corrected chi connectivity index (χ4v) is 3.61. The Bertz CT molecular complexity index is 670. The second kappa shape index (κ2) is 6.44. The first kappa shape index (κ1) is 15.6. The van der Waals surface area contributed by atoms with Gasteiger partial charge in [0.1, 0.15) is 0 Å². The van der Waals surface area contributed by atoms with Crippen molar-refractivity contribution in [2.45, 2.75) is 31.7 Å². The quantitative estimate of drug-likeness (QED) is 0.805. The second-order valence-corrected chi connectivity index (χ2v) is 6.33. The zero-order chi connectivity index (χ0) is 16.4. The van der Waals surface area contributed by atoms with Gasteiger partial charge in [-0.2, -0.15) is 0 Å². The molecule has 0 aromatic carbocycles. The number of nitrogens with one attached hydrogen (secondary N) is 1. The molecule has 3 rings (SSSR count). The van der Waals surface area contributed by atoms with Crippen LogP contribution in [-0.2, 0) is 11.3 Å². The first-order chi connectivity index (χ1) is 11.0. The van der Waals surface area contributed by atoms with Crippen LogP contribution in [0, 0.1) is 5.92 Å². The van der Waals surface area contributed by atoms with Gasteiger partial charge in [-0.05, 0) is 24.8 Å². The normalized spacial score (nSPS) is 22.3. The largest absolute Gasteiger partial charge is 0.481 e. The van der Waals surface area contributed by atoms with Gasteiger partial charge in [0, 0.05) is 50.3 Å². The molecular formula is C16H21N3O4. The second-order valence-electron chi connectivity index (χ2n) is 6.33. The number of carboxylic acid groups (broad SMARTS) is 1. The molecule has 2 bridgehead atoms. The SMILES string of the molecule is O=C(O)CCCNC(=O)N1C[C@H]2C[C@H](C1)c1cccc(=O)n1C2. The minimum atomic E-state index is -0.853. The Kier molecular flexibility index (Phi) is 4.36. The van der Waals surface area contributed by atoms with E-state index >= 15 is 0 Å². The van der Waals surface area contributed by atoms with Crippen molar-refractivity contribution in [3.8, 4) is 0 Å². The fourth-order valence-electron chi connectivity index (χ4n) is 3.61. The Labute approximate surface area is 133 Å². The van der Waals surface area contributed by atoms with Crippen LogP contribution in [0.15, 0.2) is 23.0 Å². The lowest BCUT2D eigenvalue weighted by molar-refractivity contribution is -0.137. The van der Waals surface area contributed by atoms with Gasteiger partial charge in [0.2, 0.25) is 0 Å². The summed E-state index contributed by atoms with van der Waals surface area (Å²) in [5, 5.41) is 11.4. The van der Waals surface area contributed by atoms with E-state index < -0.39 is 5.97 Å². The maximum absolute atomic E-state index is 12.3. The molecule has 7 nitrogen and oxygen atoms in total. The van der Waals surface area contributed by atoms with Crippen molar-refractivity contribution >= 4 is 12.0 Å². The third-order valence-electron chi connectivity index (χ3n) is 4.61. The minimum absolute atomic E-state index is 0.0313. The Hall–Kier alpha value is -2.31. The number of nitrogens with zero attached hydrogens (tertiary/aromatic N) is 2. The number of likely N-dealkylation sites (tertiary alicyclic amines) is 1. The van der Waals surface area contributed by atoms with E-state index in [9.17, 15) is 14.4 Å². The summed E-state index contributed by atoms with van der Waals surface area (Å²) < 4.78 is 1.83. The third-order valence-corrected chi connectivity index (χ3v) is 4.61. The van der Waals surface area contributed by atoms with Gasteiger partial charge in [0.25, 0.3) is 5.56 Å². The van der Waals surface area contributed by atoms with E-state index in [1.165, 1.54) is 0 Å². The average molecular weight is 319 g/mol. The average Bonchev–Trinajstić information content (AvgIpc) is 2.52. The molecule has 2 amide bonds. The molecule has 2 aliphatic heterocycles. The highest BCUT2D eigenvalue weighted by Gasteiger charge is 2.36. The predicted molar refractivity (Wildman–Crippen MR) is 83.4 cm³/mol. The lowest BCUT2D eigenvalue weighted by Crippen LogP contribution is -2.52. The first-order valence-electron chi connectivity index (χ1n) is 7.99. The van der Waals surface area contributed by atoms with Gasteiger partial charge in [-0.3, -0.25) is 9.59 Å². The first-order valence-corrected chi connectivity index (χ1v) is 7.99. The summed E-state index contributed by atoms with van der Waals surface area (Å²) >= 11 is 0. The highest BCUT2D eigenvalue weighted by atomic mass is 16.4. The van der Waals surface area contributed by atoms with E-state index in [4.69, 9.17) is 5.11 Å². The summed E-state index contributed by atoms with van der Waals surface area (Å²) in [4.78, 5) is 36.5. The summed E-state index contributed by atoms with van der Waals surface area (Å²) in [6, 6.07) is 5.18. The van der Waals surface area contributed by atoms with Gasteiger partial charge in [-0.15, -0.1) is 0 Å². The van der Waals surface area contributed by atoms with Gasteiger partial charge in [0.05, 0.1) is 0 Å². The van der Waals surface area contributed by atoms with E-state index in [2.05, 4.69) is 5.32 Å². The van der Waals surface area contributed by atoms with Gasteiger partial charge in [0.15, 0.2) is 0 Å². The van der Waals surface area contributed by atoms with Gasteiger partial charge < -0.3 is 19.9 Å². The molecule has 3 heterocycles. The molecule has 0 unspecified atom stereocenters. The smallest absolute Gasteiger partial charge is 0.317 e. The van der Waals surface area contributed by atoms with Crippen molar-refractivity contribution in [1.82, 2.24) is 14.8 Å². The number of hydrogen-bond acceptors (Lipinski definition) is 3. The zero-order valence-electron chi connectivity index (χ0n) is 12.9. The lowest BCUT2D eigenvalue weighted by atomic mass is 9.83. The highest BCUT2D eigenvalue weighted by Crippen LogP contribution is 2.34. The summed E-state index contributed by atoms with van der Waals surface area (Å²) in [6.45, 7) is 2.27. The van der Waals surface area contributed by atoms with E-state index in [-0.39, 0.29) is 23.9 Å². The maximum Gasteiger partial charge on any atom is 0.317 e. The van der Waals surface area contributed by atoms with Crippen molar-refractivity contribution in [2.24, 2.45) is 5.92 Å². The number of piperidine rings is 1. The molecule has 2 atom stereocenters. The molecule has 1 saturated heterocycles. The molecule has 2 aliphatic rings. The summed E-state index contributed by atoms with van der Waals surface area (Å²) in [5.74, 6) is -0.360. The van der Waals surface area contributed by atoms with Crippen LogP contribution in [0.3, 0.4) is 0 Å². The number of rotatable bonds is 4. The number of carbonyl (C=O) groups excluding carboxylic acids is 1. The number of fused-ring (bicyclic) bond motifs is 4. The molecule has 2 N–H and O–H groups in total. The Morgan fingerprint density at radius 1 is 1.26 bits per heavy atom. The molecule has 1 aromatic heterocycles. The van der Waals surface area contributed by atoms with E-state index in [1.807, 2.05) is 10.6 Å². The van der Waals surface area contributed by atoms with Crippen LogP contribution >= 0.6 is 0 Å². The summed E-state index contributed by atoms with van der Waals surface area (Å²) in [6.07, 6.45) is 1.49. The van der Waals surface area contributed by atoms with Crippen LogP contribution in [-0.4, -0.2) is 46.2 Å². The third kappa shape index (κ3) is 3.38. The monoisotopic (exact) mass is 319 g/mol. The number of amides is 2. The van der Waals surface area contributed by atoms with Crippen LogP contribution in [0.1, 0.15) is 30.9 Å². The Morgan fingerprint density at radius 3 is 2.87 bits per heavy atom. The van der Waals surface area contributed by atoms with E-state index in [0.717, 1.165) is 12.1 Å².